The molecule has 2 aromatic carbocycles. The summed E-state index contributed by atoms with van der Waals surface area (Å²) in [5.41, 5.74) is 0. The molecule has 0 aliphatic rings. The van der Waals surface area contributed by atoms with Gasteiger partial charge in [0.05, 0.1) is 0 Å². The molecular weight excluding hydrogens is 405 g/mol. The first-order chi connectivity index (χ1) is 14.3. The molecule has 0 bridgehead atoms. The van der Waals surface area contributed by atoms with Crippen LogP contribution >= 0.6 is 0 Å². The maximum atomic E-state index is 6.76. The Labute approximate surface area is 184 Å². The fraction of sp³-hybridized carbons (Fsp3) is 0.500. The van der Waals surface area contributed by atoms with Crippen molar-refractivity contribution in [2.75, 3.05) is 0 Å². The summed E-state index contributed by atoms with van der Waals surface area (Å²) >= 11 is 0. The summed E-state index contributed by atoms with van der Waals surface area (Å²) < 4.78 is 13.5. The molecule has 0 unspecified atom stereocenters. The van der Waals surface area contributed by atoms with Crippen molar-refractivity contribution in [2.45, 2.75) is 77.3 Å². The molecule has 4 radical (unpaired) electrons. The van der Waals surface area contributed by atoms with Crippen LogP contribution < -0.4 is 10.4 Å². The van der Waals surface area contributed by atoms with Crippen LogP contribution in [0.5, 0.6) is 0 Å². The third-order valence-electron chi connectivity index (χ3n) is 5.00. The van der Waals surface area contributed by atoms with Crippen molar-refractivity contribution in [1.82, 2.24) is 0 Å². The Morgan fingerprint density at radius 3 is 1.38 bits per heavy atom. The Morgan fingerprint density at radius 2 is 1.00 bits per heavy atom. The van der Waals surface area contributed by atoms with Gasteiger partial charge in [-0.15, -0.1) is 0 Å². The van der Waals surface area contributed by atoms with E-state index in [0.29, 0.717) is 19.5 Å². The van der Waals surface area contributed by atoms with Crippen molar-refractivity contribution in [3.63, 3.8) is 0 Å². The molecule has 2 aromatic rings. The fourth-order valence-electron chi connectivity index (χ4n) is 3.29. The number of benzene rings is 2. The van der Waals surface area contributed by atoms with Crippen LogP contribution in [0.25, 0.3) is 0 Å². The fourth-order valence-corrected chi connectivity index (χ4v) is 10.5. The Bertz CT molecular complexity index is 580. The minimum absolute atomic E-state index is 0.499. The molecular formula is C24H36O2Si3. The number of unbranched alkanes of at least 4 members (excludes halogenated alkanes) is 6. The SMILES string of the molecule is CCCCCC[Si]O[Si](O[Si]CCCCCC)(c1ccccc1)c1ccccc1. The quantitative estimate of drug-likeness (QED) is 0.253. The highest BCUT2D eigenvalue weighted by Crippen LogP contribution is 2.13. The highest BCUT2D eigenvalue weighted by molar-refractivity contribution is 6.96. The van der Waals surface area contributed by atoms with Gasteiger partial charge in [0.15, 0.2) is 0 Å². The van der Waals surface area contributed by atoms with E-state index in [4.69, 9.17) is 8.23 Å². The first-order valence-electron chi connectivity index (χ1n) is 11.3. The normalized spacial score (nSPS) is 11.7. The van der Waals surface area contributed by atoms with E-state index in [-0.39, 0.29) is 0 Å². The molecule has 0 heterocycles. The summed E-state index contributed by atoms with van der Waals surface area (Å²) in [6.07, 6.45) is 10.3. The number of rotatable bonds is 16. The molecule has 0 saturated carbocycles. The monoisotopic (exact) mass is 440 g/mol. The molecule has 0 N–H and O–H groups in total. The highest BCUT2D eigenvalue weighted by Gasteiger charge is 2.41. The van der Waals surface area contributed by atoms with Crippen molar-refractivity contribution in [1.29, 1.82) is 0 Å². The van der Waals surface area contributed by atoms with E-state index in [1.54, 1.807) is 0 Å². The topological polar surface area (TPSA) is 18.5 Å². The second-order valence-corrected chi connectivity index (χ2v) is 13.1. The minimum Gasteiger partial charge on any atom is -0.430 e. The molecule has 0 amide bonds. The molecule has 0 aliphatic heterocycles. The van der Waals surface area contributed by atoms with Crippen LogP contribution in [0.1, 0.15) is 65.2 Å². The third kappa shape index (κ3) is 8.34. The molecule has 29 heavy (non-hydrogen) atoms. The predicted octanol–water partition coefficient (Wildman–Crippen LogP) is 5.51. The van der Waals surface area contributed by atoms with Gasteiger partial charge in [-0.05, 0) is 22.5 Å². The van der Waals surface area contributed by atoms with Crippen LogP contribution in [0.4, 0.5) is 0 Å². The molecule has 0 spiro atoms. The Hall–Kier alpha value is -0.989. The molecule has 156 valence electrons. The van der Waals surface area contributed by atoms with Crippen molar-refractivity contribution >= 4 is 38.5 Å². The largest absolute Gasteiger partial charge is 0.430 e. The maximum absolute atomic E-state index is 6.76. The Kier molecular flexibility index (Phi) is 12.5. The zero-order chi connectivity index (χ0) is 20.6. The lowest BCUT2D eigenvalue weighted by Gasteiger charge is -2.32. The molecule has 5 heteroatoms. The van der Waals surface area contributed by atoms with E-state index in [1.165, 1.54) is 61.7 Å². The molecule has 0 aromatic heterocycles. The third-order valence-corrected chi connectivity index (χ3v) is 11.8. The Balaban J connectivity index is 2.13. The first kappa shape index (κ1) is 24.3. The average molecular weight is 441 g/mol. The molecule has 0 atom stereocenters. The van der Waals surface area contributed by atoms with Gasteiger partial charge in [-0.3, -0.25) is 0 Å². The maximum Gasteiger partial charge on any atom is 0.386 e. The Morgan fingerprint density at radius 1 is 0.586 bits per heavy atom. The van der Waals surface area contributed by atoms with Crippen molar-refractivity contribution in [3.8, 4) is 0 Å². The van der Waals surface area contributed by atoms with Crippen LogP contribution in [0, 0.1) is 0 Å². The van der Waals surface area contributed by atoms with Gasteiger partial charge in [0, 0.05) is 0 Å². The van der Waals surface area contributed by atoms with E-state index in [2.05, 4.69) is 74.5 Å². The summed E-state index contributed by atoms with van der Waals surface area (Å²) in [5, 5.41) is 2.46. The van der Waals surface area contributed by atoms with Gasteiger partial charge in [0.25, 0.3) is 0 Å². The summed E-state index contributed by atoms with van der Waals surface area (Å²) in [4.78, 5) is 0. The van der Waals surface area contributed by atoms with E-state index >= 15 is 0 Å². The second-order valence-electron chi connectivity index (χ2n) is 7.46. The van der Waals surface area contributed by atoms with Gasteiger partial charge in [0.2, 0.25) is 19.5 Å². The smallest absolute Gasteiger partial charge is 0.386 e. The summed E-state index contributed by atoms with van der Waals surface area (Å²) in [6, 6.07) is 23.7. The van der Waals surface area contributed by atoms with Crippen LogP contribution in [-0.4, -0.2) is 28.1 Å². The molecule has 0 aliphatic carbocycles. The van der Waals surface area contributed by atoms with Crippen LogP contribution in [-0.2, 0) is 8.23 Å². The van der Waals surface area contributed by atoms with E-state index < -0.39 is 8.56 Å². The number of hydrogen-bond acceptors (Lipinski definition) is 2. The minimum atomic E-state index is -2.66. The van der Waals surface area contributed by atoms with E-state index in [1.807, 2.05) is 0 Å². The van der Waals surface area contributed by atoms with Gasteiger partial charge in [-0.1, -0.05) is 126 Å². The summed E-state index contributed by atoms with van der Waals surface area (Å²) in [5.74, 6) is 0. The van der Waals surface area contributed by atoms with Gasteiger partial charge in [-0.2, -0.15) is 0 Å². The van der Waals surface area contributed by atoms with Crippen LogP contribution in [0.3, 0.4) is 0 Å². The summed E-state index contributed by atoms with van der Waals surface area (Å²) in [6.45, 7) is 4.52. The predicted molar refractivity (Wildman–Crippen MR) is 129 cm³/mol. The van der Waals surface area contributed by atoms with Crippen molar-refractivity contribution < 1.29 is 8.23 Å². The molecule has 0 saturated heterocycles. The molecule has 0 fully saturated rings. The lowest BCUT2D eigenvalue weighted by Crippen LogP contribution is -2.64. The molecule has 2 rings (SSSR count). The van der Waals surface area contributed by atoms with Crippen molar-refractivity contribution in [2.24, 2.45) is 0 Å². The lowest BCUT2D eigenvalue weighted by atomic mass is 10.2. The van der Waals surface area contributed by atoms with Crippen LogP contribution in [0.2, 0.25) is 12.1 Å². The zero-order valence-electron chi connectivity index (χ0n) is 18.2. The standard InChI is InChI=1S/C24H36O2Si3/c1-3-5-7-15-21-27-25-29(23-17-11-9-12-18-23,24-19-13-10-14-20-24)26-28-22-16-8-6-4-2/h9-14,17-20H,3-8,15-16,21-22H2,1-2H3. The second kappa shape index (κ2) is 14.9. The van der Waals surface area contributed by atoms with E-state index in [9.17, 15) is 0 Å². The first-order valence-corrected chi connectivity index (χ1v) is 15.3. The average Bonchev–Trinajstić information content (AvgIpc) is 2.78. The lowest BCUT2D eigenvalue weighted by molar-refractivity contribution is 0.442. The van der Waals surface area contributed by atoms with Crippen molar-refractivity contribution in [3.05, 3.63) is 60.7 Å². The molecule has 2 nitrogen and oxygen atoms in total. The van der Waals surface area contributed by atoms with Gasteiger partial charge in [-0.25, -0.2) is 0 Å². The van der Waals surface area contributed by atoms with E-state index in [0.717, 1.165) is 12.1 Å². The highest BCUT2D eigenvalue weighted by atomic mass is 28.4. The van der Waals surface area contributed by atoms with Gasteiger partial charge in [0.1, 0.15) is 0 Å². The zero-order valence-corrected chi connectivity index (χ0v) is 21.2. The van der Waals surface area contributed by atoms with Gasteiger partial charge >= 0.3 is 8.56 Å². The number of hydrogen-bond donors (Lipinski definition) is 0. The van der Waals surface area contributed by atoms with Crippen LogP contribution in [0.15, 0.2) is 60.7 Å². The summed E-state index contributed by atoms with van der Waals surface area (Å²) in [7, 11) is -1.66. The van der Waals surface area contributed by atoms with Gasteiger partial charge < -0.3 is 8.23 Å².